The van der Waals surface area contributed by atoms with Crippen LogP contribution >= 0.6 is 11.3 Å². The Morgan fingerprint density at radius 3 is 2.83 bits per heavy atom. The van der Waals surface area contributed by atoms with E-state index < -0.39 is 0 Å². The smallest absolute Gasteiger partial charge is 0.244 e. The normalized spacial score (nSPS) is 11.9. The predicted molar refractivity (Wildman–Crippen MR) is 96.1 cm³/mol. The van der Waals surface area contributed by atoms with Crippen LogP contribution in [0.4, 0.5) is 0 Å². The molecule has 4 nitrogen and oxygen atoms in total. The van der Waals surface area contributed by atoms with Crippen molar-refractivity contribution < 1.29 is 4.79 Å². The van der Waals surface area contributed by atoms with E-state index in [1.54, 1.807) is 11.3 Å². The standard InChI is InChI=1S/C18H19N3OS/c1-11-6-4-7-14-15(12(2)19-18(11)14)10-17(22)21-20-13(3)16-8-5-9-23-16/h4-9,19H,10H2,1-3H3,(H,21,22). The van der Waals surface area contributed by atoms with E-state index in [9.17, 15) is 4.79 Å². The molecule has 3 aromatic rings. The third-order valence-corrected chi connectivity index (χ3v) is 4.91. The minimum absolute atomic E-state index is 0.105. The van der Waals surface area contributed by atoms with Gasteiger partial charge in [0.1, 0.15) is 0 Å². The maximum absolute atomic E-state index is 12.2. The first-order valence-electron chi connectivity index (χ1n) is 7.50. The van der Waals surface area contributed by atoms with Crippen LogP contribution in [0.1, 0.15) is 28.6 Å². The first-order chi connectivity index (χ1) is 11.1. The Balaban J connectivity index is 1.77. The number of rotatable bonds is 4. The molecule has 0 fully saturated rings. The number of aromatic amines is 1. The predicted octanol–water partition coefficient (Wildman–Crippen LogP) is 3.93. The van der Waals surface area contributed by atoms with Gasteiger partial charge >= 0.3 is 0 Å². The molecular weight excluding hydrogens is 306 g/mol. The summed E-state index contributed by atoms with van der Waals surface area (Å²) < 4.78 is 0. The highest BCUT2D eigenvalue weighted by Gasteiger charge is 2.13. The number of nitrogens with zero attached hydrogens (tertiary/aromatic N) is 1. The number of amides is 1. The fourth-order valence-electron chi connectivity index (χ4n) is 2.66. The fraction of sp³-hybridized carbons (Fsp3) is 0.222. The van der Waals surface area contributed by atoms with Gasteiger partial charge < -0.3 is 4.98 Å². The summed E-state index contributed by atoms with van der Waals surface area (Å²) in [7, 11) is 0. The number of carbonyl (C=O) groups is 1. The van der Waals surface area contributed by atoms with E-state index in [0.29, 0.717) is 6.42 Å². The summed E-state index contributed by atoms with van der Waals surface area (Å²) in [6.07, 6.45) is 0.316. The average Bonchev–Trinajstić information content (AvgIpc) is 3.16. The molecule has 2 heterocycles. The third kappa shape index (κ3) is 3.19. The molecule has 2 N–H and O–H groups in total. The maximum Gasteiger partial charge on any atom is 0.244 e. The van der Waals surface area contributed by atoms with E-state index in [2.05, 4.69) is 34.6 Å². The number of carbonyl (C=O) groups excluding carboxylic acids is 1. The van der Waals surface area contributed by atoms with Crippen LogP contribution in [-0.2, 0) is 11.2 Å². The van der Waals surface area contributed by atoms with Crippen LogP contribution in [0, 0.1) is 13.8 Å². The van der Waals surface area contributed by atoms with Crippen molar-refractivity contribution in [2.45, 2.75) is 27.2 Å². The molecule has 0 saturated heterocycles. The highest BCUT2D eigenvalue weighted by atomic mass is 32.1. The zero-order chi connectivity index (χ0) is 16.4. The van der Waals surface area contributed by atoms with E-state index in [-0.39, 0.29) is 5.91 Å². The molecule has 23 heavy (non-hydrogen) atoms. The van der Waals surface area contributed by atoms with Gasteiger partial charge in [0.05, 0.1) is 12.1 Å². The van der Waals surface area contributed by atoms with E-state index in [1.807, 2.05) is 37.4 Å². The molecule has 0 unspecified atom stereocenters. The van der Waals surface area contributed by atoms with Crippen molar-refractivity contribution in [1.82, 2.24) is 10.4 Å². The van der Waals surface area contributed by atoms with E-state index in [0.717, 1.165) is 32.7 Å². The van der Waals surface area contributed by atoms with Gasteiger partial charge in [0.2, 0.25) is 5.91 Å². The molecule has 0 spiro atoms. The second kappa shape index (κ2) is 6.38. The van der Waals surface area contributed by atoms with Gasteiger partial charge in [0, 0.05) is 21.5 Å². The summed E-state index contributed by atoms with van der Waals surface area (Å²) in [5, 5.41) is 7.29. The number of hydrogen-bond acceptors (Lipinski definition) is 3. The third-order valence-electron chi connectivity index (χ3n) is 3.93. The van der Waals surface area contributed by atoms with Crippen molar-refractivity contribution in [3.05, 3.63) is 57.4 Å². The van der Waals surface area contributed by atoms with Crippen LogP contribution in [0.25, 0.3) is 10.9 Å². The summed E-state index contributed by atoms with van der Waals surface area (Å²) in [5.74, 6) is -0.105. The van der Waals surface area contributed by atoms with Crippen LogP contribution in [-0.4, -0.2) is 16.6 Å². The summed E-state index contributed by atoms with van der Waals surface area (Å²) >= 11 is 1.61. The Labute approximate surface area is 139 Å². The first-order valence-corrected chi connectivity index (χ1v) is 8.38. The molecule has 2 aromatic heterocycles. The van der Waals surface area contributed by atoms with Crippen molar-refractivity contribution in [1.29, 1.82) is 0 Å². The van der Waals surface area contributed by atoms with Gasteiger partial charge in [-0.3, -0.25) is 4.79 Å². The van der Waals surface area contributed by atoms with Crippen LogP contribution in [0.15, 0.2) is 40.8 Å². The van der Waals surface area contributed by atoms with Crippen LogP contribution in [0.2, 0.25) is 0 Å². The number of thiophene rings is 1. The average molecular weight is 325 g/mol. The lowest BCUT2D eigenvalue weighted by Crippen LogP contribution is -2.21. The Morgan fingerprint density at radius 2 is 2.09 bits per heavy atom. The molecule has 0 bridgehead atoms. The Kier molecular flexibility index (Phi) is 4.30. The van der Waals surface area contributed by atoms with Crippen molar-refractivity contribution in [2.24, 2.45) is 5.10 Å². The van der Waals surface area contributed by atoms with Gasteiger partial charge in [-0.05, 0) is 43.3 Å². The maximum atomic E-state index is 12.2. The lowest BCUT2D eigenvalue weighted by atomic mass is 10.1. The zero-order valence-electron chi connectivity index (χ0n) is 13.4. The van der Waals surface area contributed by atoms with Gasteiger partial charge in [0.15, 0.2) is 0 Å². The number of fused-ring (bicyclic) bond motifs is 1. The minimum Gasteiger partial charge on any atom is -0.358 e. The number of nitrogens with one attached hydrogen (secondary N) is 2. The molecule has 0 radical (unpaired) electrons. The molecule has 0 aliphatic heterocycles. The Bertz CT molecular complexity index is 875. The van der Waals surface area contributed by atoms with Crippen LogP contribution in [0.5, 0.6) is 0 Å². The van der Waals surface area contributed by atoms with Crippen molar-refractivity contribution in [3.8, 4) is 0 Å². The summed E-state index contributed by atoms with van der Waals surface area (Å²) in [5.41, 5.74) is 7.83. The molecule has 1 aromatic carbocycles. The first kappa shape index (κ1) is 15.5. The second-order valence-corrected chi connectivity index (χ2v) is 6.56. The monoisotopic (exact) mass is 325 g/mol. The number of H-pyrrole nitrogens is 1. The summed E-state index contributed by atoms with van der Waals surface area (Å²) in [6.45, 7) is 5.96. The lowest BCUT2D eigenvalue weighted by molar-refractivity contribution is -0.120. The molecule has 118 valence electrons. The molecule has 0 saturated carbocycles. The zero-order valence-corrected chi connectivity index (χ0v) is 14.3. The topological polar surface area (TPSA) is 57.2 Å². The quantitative estimate of drug-likeness (QED) is 0.554. The van der Waals surface area contributed by atoms with E-state index in [4.69, 9.17) is 0 Å². The molecule has 0 atom stereocenters. The molecule has 1 amide bonds. The molecular formula is C18H19N3OS. The van der Waals surface area contributed by atoms with Gasteiger partial charge in [-0.25, -0.2) is 5.43 Å². The van der Waals surface area contributed by atoms with Gasteiger partial charge in [-0.15, -0.1) is 11.3 Å². The lowest BCUT2D eigenvalue weighted by Gasteiger charge is -2.03. The Morgan fingerprint density at radius 1 is 1.26 bits per heavy atom. The number of para-hydroxylation sites is 1. The van der Waals surface area contributed by atoms with Crippen molar-refractivity contribution in [2.75, 3.05) is 0 Å². The van der Waals surface area contributed by atoms with E-state index in [1.165, 1.54) is 5.56 Å². The molecule has 3 rings (SSSR count). The summed E-state index contributed by atoms with van der Waals surface area (Å²) in [4.78, 5) is 16.7. The van der Waals surface area contributed by atoms with Gasteiger partial charge in [0.25, 0.3) is 0 Å². The number of aryl methyl sites for hydroxylation is 2. The van der Waals surface area contributed by atoms with Crippen molar-refractivity contribution in [3.63, 3.8) is 0 Å². The van der Waals surface area contributed by atoms with Crippen molar-refractivity contribution >= 4 is 33.9 Å². The highest BCUT2D eigenvalue weighted by Crippen LogP contribution is 2.25. The Hall–Kier alpha value is -2.40. The summed E-state index contributed by atoms with van der Waals surface area (Å²) in [6, 6.07) is 10.1. The second-order valence-electron chi connectivity index (χ2n) is 5.61. The SMILES string of the molecule is CC(=NNC(=O)Cc1c(C)[nH]c2c(C)cccc12)c1cccs1. The van der Waals surface area contributed by atoms with Crippen LogP contribution in [0.3, 0.4) is 0 Å². The number of hydrazone groups is 1. The molecule has 0 aliphatic carbocycles. The number of benzene rings is 1. The van der Waals surface area contributed by atoms with Gasteiger partial charge in [-0.1, -0.05) is 24.3 Å². The van der Waals surface area contributed by atoms with Gasteiger partial charge in [-0.2, -0.15) is 5.10 Å². The molecule has 0 aliphatic rings. The number of aromatic nitrogens is 1. The fourth-order valence-corrected chi connectivity index (χ4v) is 3.34. The molecule has 5 heteroatoms. The minimum atomic E-state index is -0.105. The highest BCUT2D eigenvalue weighted by molar-refractivity contribution is 7.12. The largest absolute Gasteiger partial charge is 0.358 e. The van der Waals surface area contributed by atoms with E-state index >= 15 is 0 Å². The van der Waals surface area contributed by atoms with Crippen LogP contribution < -0.4 is 5.43 Å². The number of hydrogen-bond donors (Lipinski definition) is 2.